The first-order valence-corrected chi connectivity index (χ1v) is 12.2. The summed E-state index contributed by atoms with van der Waals surface area (Å²) in [5, 5.41) is 17.5. The van der Waals surface area contributed by atoms with Crippen molar-refractivity contribution in [1.29, 1.82) is 5.26 Å². The number of benzene rings is 2. The molecule has 0 fully saturated rings. The first kappa shape index (κ1) is 23.2. The number of aryl methyl sites for hydroxylation is 1. The van der Waals surface area contributed by atoms with E-state index in [2.05, 4.69) is 16.7 Å². The zero-order valence-corrected chi connectivity index (χ0v) is 20.1. The number of carbonyl (C=O) groups is 2. The molecule has 33 heavy (non-hydrogen) atoms. The molecule has 1 amide bonds. The fraction of sp³-hybridized carbons (Fsp3) is 0.269. The summed E-state index contributed by atoms with van der Waals surface area (Å²) in [7, 11) is 0. The number of allylic oxidation sites excluding steroid dienone is 3. The maximum atomic E-state index is 12.9. The lowest BCUT2D eigenvalue weighted by atomic mass is 9.77. The molecule has 2 aliphatic rings. The predicted octanol–water partition coefficient (Wildman–Crippen LogP) is 5.76. The molecule has 1 heterocycles. The lowest BCUT2D eigenvalue weighted by Gasteiger charge is -2.33. The minimum atomic E-state index is -0.416. The SMILES string of the molecule is Cc1ccc([C@@H]2C(C#N)=C(SCC(=O)Nc3cccc(Cl)c3C)NC3=C2C(=O)CCC3)cc1. The lowest BCUT2D eigenvalue weighted by molar-refractivity contribution is -0.116. The van der Waals surface area contributed by atoms with Gasteiger partial charge in [-0.05, 0) is 49.9 Å². The number of ketones is 1. The minimum absolute atomic E-state index is 0.0836. The zero-order chi connectivity index (χ0) is 23.5. The van der Waals surface area contributed by atoms with Gasteiger partial charge in [0.2, 0.25) is 5.91 Å². The Balaban J connectivity index is 1.61. The zero-order valence-electron chi connectivity index (χ0n) is 18.5. The van der Waals surface area contributed by atoms with Crippen molar-refractivity contribution in [2.24, 2.45) is 0 Å². The molecule has 1 aliphatic heterocycles. The third-order valence-corrected chi connectivity index (χ3v) is 7.39. The Labute approximate surface area is 202 Å². The van der Waals surface area contributed by atoms with Crippen molar-refractivity contribution in [2.45, 2.75) is 39.0 Å². The number of rotatable bonds is 5. The topological polar surface area (TPSA) is 82.0 Å². The summed E-state index contributed by atoms with van der Waals surface area (Å²) in [6, 6.07) is 15.6. The molecule has 0 unspecified atom stereocenters. The maximum Gasteiger partial charge on any atom is 0.234 e. The molecular weight excluding hydrogens is 454 g/mol. The van der Waals surface area contributed by atoms with E-state index >= 15 is 0 Å². The molecule has 0 saturated heterocycles. The molecule has 1 aliphatic carbocycles. The number of dihydropyridines is 1. The monoisotopic (exact) mass is 477 g/mol. The maximum absolute atomic E-state index is 12.9. The first-order chi connectivity index (χ1) is 15.9. The van der Waals surface area contributed by atoms with Crippen LogP contribution in [0.2, 0.25) is 5.02 Å². The van der Waals surface area contributed by atoms with Gasteiger partial charge in [-0.2, -0.15) is 5.26 Å². The van der Waals surface area contributed by atoms with Crippen molar-refractivity contribution in [3.05, 3.63) is 86.0 Å². The smallest absolute Gasteiger partial charge is 0.234 e. The molecule has 0 aromatic heterocycles. The van der Waals surface area contributed by atoms with Crippen LogP contribution in [0.25, 0.3) is 0 Å². The second kappa shape index (κ2) is 9.86. The van der Waals surface area contributed by atoms with Gasteiger partial charge in [0.05, 0.1) is 28.3 Å². The number of halogens is 1. The van der Waals surface area contributed by atoms with E-state index in [1.54, 1.807) is 18.2 Å². The van der Waals surface area contributed by atoms with Crippen molar-refractivity contribution < 1.29 is 9.59 Å². The summed E-state index contributed by atoms with van der Waals surface area (Å²) >= 11 is 7.43. The normalized spacial score (nSPS) is 17.9. The lowest BCUT2D eigenvalue weighted by Crippen LogP contribution is -2.31. The van der Waals surface area contributed by atoms with Crippen LogP contribution in [0, 0.1) is 25.2 Å². The Morgan fingerprint density at radius 1 is 1.21 bits per heavy atom. The van der Waals surface area contributed by atoms with Crippen LogP contribution in [-0.4, -0.2) is 17.4 Å². The molecule has 0 bridgehead atoms. The molecule has 1 atom stereocenters. The van der Waals surface area contributed by atoms with E-state index in [-0.39, 0.29) is 17.4 Å². The van der Waals surface area contributed by atoms with Crippen molar-refractivity contribution in [3.8, 4) is 6.07 Å². The summed E-state index contributed by atoms with van der Waals surface area (Å²) in [6.07, 6.45) is 2.02. The van der Waals surface area contributed by atoms with Crippen molar-refractivity contribution >= 4 is 40.7 Å². The van der Waals surface area contributed by atoms with E-state index in [1.165, 1.54) is 11.8 Å². The molecule has 7 heteroatoms. The van der Waals surface area contributed by atoms with Gasteiger partial charge in [-0.1, -0.05) is 59.3 Å². The number of thioether (sulfide) groups is 1. The van der Waals surface area contributed by atoms with Gasteiger partial charge in [0, 0.05) is 28.4 Å². The molecule has 0 radical (unpaired) electrons. The molecule has 4 rings (SSSR count). The highest BCUT2D eigenvalue weighted by Gasteiger charge is 2.37. The molecule has 5 nitrogen and oxygen atoms in total. The van der Waals surface area contributed by atoms with Crippen molar-refractivity contribution in [3.63, 3.8) is 0 Å². The summed E-state index contributed by atoms with van der Waals surface area (Å²) in [5.74, 6) is -0.402. The third-order valence-electron chi connectivity index (χ3n) is 5.96. The number of hydrogen-bond donors (Lipinski definition) is 2. The average molecular weight is 478 g/mol. The summed E-state index contributed by atoms with van der Waals surface area (Å²) < 4.78 is 0. The van der Waals surface area contributed by atoms with Crippen LogP contribution < -0.4 is 10.6 Å². The highest BCUT2D eigenvalue weighted by molar-refractivity contribution is 8.03. The number of amides is 1. The number of nitrogens with zero attached hydrogens (tertiary/aromatic N) is 1. The van der Waals surface area contributed by atoms with Gasteiger partial charge >= 0.3 is 0 Å². The molecular formula is C26H24ClN3O2S. The van der Waals surface area contributed by atoms with Gasteiger partial charge in [-0.25, -0.2) is 0 Å². The molecule has 168 valence electrons. The van der Waals surface area contributed by atoms with E-state index in [9.17, 15) is 14.9 Å². The molecule has 0 saturated carbocycles. The van der Waals surface area contributed by atoms with Crippen LogP contribution in [0.5, 0.6) is 0 Å². The van der Waals surface area contributed by atoms with E-state index in [0.29, 0.717) is 33.3 Å². The minimum Gasteiger partial charge on any atom is -0.352 e. The van der Waals surface area contributed by atoms with E-state index < -0.39 is 5.92 Å². The van der Waals surface area contributed by atoms with E-state index in [1.807, 2.05) is 38.1 Å². The standard InChI is InChI=1S/C26H24ClN3O2S/c1-15-9-11-17(12-10-15)24-18(13-28)26(30-21-7-4-8-22(31)25(21)24)33-14-23(32)29-20-6-3-5-19(27)16(20)2/h3,5-6,9-12,24,30H,4,7-8,14H2,1-2H3,(H,29,32)/t24-/m1/s1. The van der Waals surface area contributed by atoms with Crippen LogP contribution in [0.3, 0.4) is 0 Å². The van der Waals surface area contributed by atoms with Crippen LogP contribution in [0.4, 0.5) is 5.69 Å². The predicted molar refractivity (Wildman–Crippen MR) is 133 cm³/mol. The van der Waals surface area contributed by atoms with Crippen LogP contribution in [-0.2, 0) is 9.59 Å². The summed E-state index contributed by atoms with van der Waals surface area (Å²) in [4.78, 5) is 25.5. The fourth-order valence-electron chi connectivity index (χ4n) is 4.20. The van der Waals surface area contributed by atoms with Gasteiger partial charge < -0.3 is 10.6 Å². The molecule has 2 N–H and O–H groups in total. The Morgan fingerprint density at radius 3 is 2.70 bits per heavy atom. The molecule has 2 aromatic carbocycles. The first-order valence-electron chi connectivity index (χ1n) is 10.8. The van der Waals surface area contributed by atoms with Gasteiger partial charge in [0.25, 0.3) is 0 Å². The Morgan fingerprint density at radius 2 is 1.97 bits per heavy atom. The molecule has 2 aromatic rings. The number of Topliss-reactive ketones (excluding diaryl/α,β-unsaturated/α-hetero) is 1. The van der Waals surface area contributed by atoms with E-state index in [0.717, 1.165) is 35.2 Å². The Kier molecular flexibility index (Phi) is 6.92. The van der Waals surface area contributed by atoms with Crippen molar-refractivity contribution in [1.82, 2.24) is 5.32 Å². The second-order valence-corrected chi connectivity index (χ2v) is 9.63. The molecule has 0 spiro atoms. The summed E-state index contributed by atoms with van der Waals surface area (Å²) in [5.41, 5.74) is 5.53. The number of carbonyl (C=O) groups excluding carboxylic acids is 2. The largest absolute Gasteiger partial charge is 0.352 e. The Bertz CT molecular complexity index is 1230. The number of nitriles is 1. The summed E-state index contributed by atoms with van der Waals surface area (Å²) in [6.45, 7) is 3.86. The fourth-order valence-corrected chi connectivity index (χ4v) is 5.23. The van der Waals surface area contributed by atoms with E-state index in [4.69, 9.17) is 11.6 Å². The quantitative estimate of drug-likeness (QED) is 0.572. The average Bonchev–Trinajstić information content (AvgIpc) is 2.80. The van der Waals surface area contributed by atoms with Gasteiger partial charge in [-0.3, -0.25) is 9.59 Å². The second-order valence-electron chi connectivity index (χ2n) is 8.24. The van der Waals surface area contributed by atoms with Gasteiger partial charge in [-0.15, -0.1) is 0 Å². The Hall–Kier alpha value is -3.01. The third kappa shape index (κ3) is 4.85. The van der Waals surface area contributed by atoms with Gasteiger partial charge in [0.1, 0.15) is 0 Å². The van der Waals surface area contributed by atoms with Crippen LogP contribution in [0.1, 0.15) is 41.9 Å². The number of nitrogens with one attached hydrogen (secondary N) is 2. The number of hydrogen-bond acceptors (Lipinski definition) is 5. The van der Waals surface area contributed by atoms with Gasteiger partial charge in [0.15, 0.2) is 5.78 Å². The van der Waals surface area contributed by atoms with Crippen molar-refractivity contribution in [2.75, 3.05) is 11.1 Å². The number of anilines is 1. The highest BCUT2D eigenvalue weighted by atomic mass is 35.5. The van der Waals surface area contributed by atoms with Crippen LogP contribution >= 0.6 is 23.4 Å². The van der Waals surface area contributed by atoms with Crippen LogP contribution in [0.15, 0.2) is 64.3 Å². The highest BCUT2D eigenvalue weighted by Crippen LogP contribution is 2.44.